The Morgan fingerprint density at radius 1 is 1.29 bits per heavy atom. The van der Waals surface area contributed by atoms with Crippen LogP contribution in [0.2, 0.25) is 0 Å². The molecule has 1 atom stereocenters. The summed E-state index contributed by atoms with van der Waals surface area (Å²) in [6.07, 6.45) is 2.50. The van der Waals surface area contributed by atoms with E-state index in [1.165, 1.54) is 12.8 Å². The fraction of sp³-hybridized carbons (Fsp3) is 0.643. The summed E-state index contributed by atoms with van der Waals surface area (Å²) in [6.45, 7) is 6.93. The van der Waals surface area contributed by atoms with Gasteiger partial charge in [0.15, 0.2) is 5.82 Å². The molecule has 0 spiro atoms. The molecule has 0 saturated carbocycles. The second-order valence-electron chi connectivity index (χ2n) is 5.74. The van der Waals surface area contributed by atoms with Crippen molar-refractivity contribution in [1.29, 1.82) is 0 Å². The van der Waals surface area contributed by atoms with Gasteiger partial charge in [0.05, 0.1) is 17.3 Å². The Hall–Kier alpha value is -1.73. The van der Waals surface area contributed by atoms with Crippen LogP contribution in [-0.4, -0.2) is 44.5 Å². The first-order valence-corrected chi connectivity index (χ1v) is 7.38. The average Bonchev–Trinajstić information content (AvgIpc) is 3.13. The van der Waals surface area contributed by atoms with Gasteiger partial charge in [-0.25, -0.2) is 0 Å². The van der Waals surface area contributed by atoms with Gasteiger partial charge >= 0.3 is 0 Å². The number of nitrogens with two attached hydrogens (primary N) is 1. The maximum Gasteiger partial charge on any atom is 0.261 e. The van der Waals surface area contributed by atoms with Crippen molar-refractivity contribution < 1.29 is 4.52 Å². The highest BCUT2D eigenvalue weighted by atomic mass is 16.5. The second kappa shape index (κ2) is 5.57. The van der Waals surface area contributed by atoms with Crippen LogP contribution in [0.4, 0.5) is 0 Å². The summed E-state index contributed by atoms with van der Waals surface area (Å²) >= 11 is 0. The fourth-order valence-electron chi connectivity index (χ4n) is 2.90. The Bertz CT molecular complexity index is 625. The number of aromatic nitrogens is 4. The summed E-state index contributed by atoms with van der Waals surface area (Å²) in [6, 6.07) is -0.210. The average molecular weight is 290 g/mol. The van der Waals surface area contributed by atoms with Gasteiger partial charge in [-0.3, -0.25) is 4.68 Å². The summed E-state index contributed by atoms with van der Waals surface area (Å²) in [7, 11) is 1.90. The van der Waals surface area contributed by atoms with Crippen molar-refractivity contribution in [2.24, 2.45) is 12.8 Å². The van der Waals surface area contributed by atoms with Gasteiger partial charge in [0.2, 0.25) is 0 Å². The maximum atomic E-state index is 6.20. The minimum absolute atomic E-state index is 0.210. The lowest BCUT2D eigenvalue weighted by molar-refractivity contribution is 0.306. The van der Waals surface area contributed by atoms with Crippen molar-refractivity contribution in [3.05, 3.63) is 17.2 Å². The molecule has 0 bridgehead atoms. The number of aryl methyl sites for hydroxylation is 2. The highest BCUT2D eigenvalue weighted by molar-refractivity contribution is 5.59. The molecule has 1 unspecified atom stereocenters. The van der Waals surface area contributed by atoms with Crippen molar-refractivity contribution in [1.82, 2.24) is 24.8 Å². The van der Waals surface area contributed by atoms with E-state index in [0.29, 0.717) is 11.7 Å². The summed E-state index contributed by atoms with van der Waals surface area (Å²) in [5, 5.41) is 8.42. The molecule has 7 nitrogen and oxygen atoms in total. The first-order chi connectivity index (χ1) is 10.1. The zero-order valence-electron chi connectivity index (χ0n) is 12.8. The summed E-state index contributed by atoms with van der Waals surface area (Å²) in [5.41, 5.74) is 9.00. The molecule has 114 valence electrons. The Morgan fingerprint density at radius 2 is 2.00 bits per heavy atom. The van der Waals surface area contributed by atoms with Crippen LogP contribution in [0.1, 0.15) is 36.1 Å². The van der Waals surface area contributed by atoms with Crippen molar-refractivity contribution in [2.45, 2.75) is 32.7 Å². The number of likely N-dealkylation sites (tertiary alicyclic amines) is 1. The first-order valence-electron chi connectivity index (χ1n) is 7.38. The molecule has 1 aliphatic rings. The first kappa shape index (κ1) is 14.2. The zero-order chi connectivity index (χ0) is 15.0. The number of nitrogens with zero attached hydrogens (tertiary/aromatic N) is 5. The molecular formula is C14H22N6O. The van der Waals surface area contributed by atoms with Crippen LogP contribution in [0.3, 0.4) is 0 Å². The third kappa shape index (κ3) is 2.71. The van der Waals surface area contributed by atoms with E-state index >= 15 is 0 Å². The lowest BCUT2D eigenvalue weighted by Crippen LogP contribution is -2.30. The largest absolute Gasteiger partial charge is 0.334 e. The highest BCUT2D eigenvalue weighted by Crippen LogP contribution is 2.25. The normalized spacial score (nSPS) is 17.5. The molecule has 2 aromatic heterocycles. The highest BCUT2D eigenvalue weighted by Gasteiger charge is 2.23. The van der Waals surface area contributed by atoms with Crippen molar-refractivity contribution in [2.75, 3.05) is 19.6 Å². The molecule has 21 heavy (non-hydrogen) atoms. The second-order valence-corrected chi connectivity index (χ2v) is 5.74. The Kier molecular flexibility index (Phi) is 3.77. The van der Waals surface area contributed by atoms with Crippen molar-refractivity contribution in [3.63, 3.8) is 0 Å². The van der Waals surface area contributed by atoms with Crippen LogP contribution in [-0.2, 0) is 7.05 Å². The molecule has 0 amide bonds. The predicted molar refractivity (Wildman–Crippen MR) is 78.6 cm³/mol. The SMILES string of the molecule is Cc1nn(C)c(C)c1-c1nc(C(N)CN2CCCC2)no1. The van der Waals surface area contributed by atoms with E-state index in [0.717, 1.165) is 36.6 Å². The molecule has 0 aliphatic carbocycles. The van der Waals surface area contributed by atoms with Gasteiger partial charge in [-0.1, -0.05) is 5.16 Å². The minimum Gasteiger partial charge on any atom is -0.334 e. The number of rotatable bonds is 4. The van der Waals surface area contributed by atoms with E-state index in [2.05, 4.69) is 20.1 Å². The fourth-order valence-corrected chi connectivity index (χ4v) is 2.90. The molecule has 0 radical (unpaired) electrons. The van der Waals surface area contributed by atoms with E-state index in [1.807, 2.05) is 25.6 Å². The molecule has 2 aromatic rings. The predicted octanol–water partition coefficient (Wildman–Crippen LogP) is 1.18. The zero-order valence-corrected chi connectivity index (χ0v) is 12.8. The number of hydrogen-bond acceptors (Lipinski definition) is 6. The lowest BCUT2D eigenvalue weighted by Gasteiger charge is -2.17. The molecule has 3 heterocycles. The summed E-state index contributed by atoms with van der Waals surface area (Å²) < 4.78 is 7.22. The van der Waals surface area contributed by atoms with Crippen LogP contribution in [0.15, 0.2) is 4.52 Å². The third-order valence-electron chi connectivity index (χ3n) is 4.15. The maximum absolute atomic E-state index is 6.20. The van der Waals surface area contributed by atoms with E-state index in [9.17, 15) is 0 Å². The molecule has 3 rings (SSSR count). The van der Waals surface area contributed by atoms with E-state index < -0.39 is 0 Å². The smallest absolute Gasteiger partial charge is 0.261 e. The van der Waals surface area contributed by atoms with Crippen molar-refractivity contribution in [3.8, 4) is 11.5 Å². The summed E-state index contributed by atoms with van der Waals surface area (Å²) in [5.74, 6) is 1.07. The molecule has 1 fully saturated rings. The Balaban J connectivity index is 1.79. The summed E-state index contributed by atoms with van der Waals surface area (Å²) in [4.78, 5) is 6.82. The van der Waals surface area contributed by atoms with Crippen LogP contribution in [0.5, 0.6) is 0 Å². The minimum atomic E-state index is -0.210. The van der Waals surface area contributed by atoms with Crippen LogP contribution in [0, 0.1) is 13.8 Å². The molecular weight excluding hydrogens is 268 g/mol. The van der Waals surface area contributed by atoms with Gasteiger partial charge in [-0.2, -0.15) is 10.1 Å². The molecule has 1 aliphatic heterocycles. The number of hydrogen-bond donors (Lipinski definition) is 1. The molecule has 0 aromatic carbocycles. The topological polar surface area (TPSA) is 86.0 Å². The Labute approximate surface area is 124 Å². The monoisotopic (exact) mass is 290 g/mol. The van der Waals surface area contributed by atoms with Crippen LogP contribution in [0.25, 0.3) is 11.5 Å². The van der Waals surface area contributed by atoms with Crippen molar-refractivity contribution >= 4 is 0 Å². The molecule has 1 saturated heterocycles. The van der Waals surface area contributed by atoms with E-state index in [4.69, 9.17) is 10.3 Å². The van der Waals surface area contributed by atoms with Gasteiger partial charge in [0.1, 0.15) is 0 Å². The quantitative estimate of drug-likeness (QED) is 0.910. The standard InChI is InChI=1S/C14H22N6O/c1-9-12(10(2)19(3)17-9)14-16-13(18-21-14)11(15)8-20-6-4-5-7-20/h11H,4-8,15H2,1-3H3. The van der Waals surface area contributed by atoms with Gasteiger partial charge in [0, 0.05) is 19.3 Å². The van der Waals surface area contributed by atoms with Gasteiger partial charge in [-0.15, -0.1) is 0 Å². The molecule has 2 N–H and O–H groups in total. The van der Waals surface area contributed by atoms with Crippen LogP contribution < -0.4 is 5.73 Å². The Morgan fingerprint density at radius 3 is 2.62 bits per heavy atom. The van der Waals surface area contributed by atoms with E-state index in [-0.39, 0.29) is 6.04 Å². The third-order valence-corrected chi connectivity index (χ3v) is 4.15. The van der Waals surface area contributed by atoms with Gasteiger partial charge in [0.25, 0.3) is 5.89 Å². The van der Waals surface area contributed by atoms with Gasteiger partial charge < -0.3 is 15.2 Å². The van der Waals surface area contributed by atoms with Gasteiger partial charge in [-0.05, 0) is 39.8 Å². The van der Waals surface area contributed by atoms with E-state index in [1.54, 1.807) is 0 Å². The molecule has 7 heteroatoms. The lowest BCUT2D eigenvalue weighted by atomic mass is 10.2. The van der Waals surface area contributed by atoms with Crippen LogP contribution >= 0.6 is 0 Å².